The third-order valence-corrected chi connectivity index (χ3v) is 10.0. The van der Waals surface area contributed by atoms with Crippen molar-refractivity contribution in [3.05, 3.63) is 130 Å². The van der Waals surface area contributed by atoms with Gasteiger partial charge in [0.2, 0.25) is 0 Å². The van der Waals surface area contributed by atoms with Gasteiger partial charge in [-0.2, -0.15) is 0 Å². The first-order chi connectivity index (χ1) is 26.6. The van der Waals surface area contributed by atoms with E-state index < -0.39 is 12.2 Å². The van der Waals surface area contributed by atoms with Gasteiger partial charge in [-0.25, -0.2) is 9.59 Å². The van der Waals surface area contributed by atoms with Crippen LogP contribution in [0.3, 0.4) is 0 Å². The Morgan fingerprint density at radius 1 is 0.552 bits per heavy atom. The van der Waals surface area contributed by atoms with Crippen LogP contribution < -0.4 is 0 Å². The number of likely N-dealkylation sites (N-methyl/N-ethyl adjacent to an activating group) is 2. The van der Waals surface area contributed by atoms with Crippen molar-refractivity contribution in [3.63, 3.8) is 0 Å². The van der Waals surface area contributed by atoms with E-state index in [4.69, 9.17) is 9.47 Å². The molecule has 0 heterocycles. The fourth-order valence-electron chi connectivity index (χ4n) is 6.92. The fourth-order valence-corrected chi connectivity index (χ4v) is 6.92. The largest absolute Gasteiger partial charge is 0.450 e. The van der Waals surface area contributed by atoms with Gasteiger partial charge in [0.15, 0.2) is 36.9 Å². The number of ether oxygens (including phenoxy) is 2. The highest BCUT2D eigenvalue weighted by Crippen LogP contribution is 2.42. The van der Waals surface area contributed by atoms with Crippen molar-refractivity contribution < 1.29 is 37.6 Å². The zero-order valence-electron chi connectivity index (χ0n) is 38.4. The molecule has 2 unspecified atom stereocenters. The Labute approximate surface area is 350 Å². The number of esters is 2. The first-order valence-electron chi connectivity index (χ1n) is 20.2. The topological polar surface area (TPSA) is 86.7 Å². The molecule has 0 aromatic rings. The second kappa shape index (κ2) is 20.9. The zero-order chi connectivity index (χ0) is 44.2. The monoisotopic (exact) mass is 797 g/mol. The molecule has 8 heteroatoms. The van der Waals surface area contributed by atoms with E-state index in [9.17, 15) is 19.2 Å². The smallest absolute Gasteiger partial charge is 0.362 e. The molecule has 8 nitrogen and oxygen atoms in total. The Kier molecular flexibility index (Phi) is 17.8. The molecule has 2 rings (SSSR count). The number of carbonyl (C=O) groups excluding carboxylic acids is 4. The molecular weight excluding hydrogens is 725 g/mol. The highest BCUT2D eigenvalue weighted by atomic mass is 16.6. The summed E-state index contributed by atoms with van der Waals surface area (Å²) in [7, 11) is 11.5. The molecule has 2 aliphatic carbocycles. The van der Waals surface area contributed by atoms with Crippen LogP contribution in [0.4, 0.5) is 0 Å². The van der Waals surface area contributed by atoms with Gasteiger partial charge >= 0.3 is 11.9 Å². The van der Waals surface area contributed by atoms with Crippen LogP contribution in [0, 0.1) is 10.8 Å². The maximum atomic E-state index is 13.1. The second-order valence-electron chi connectivity index (χ2n) is 19.2. The van der Waals surface area contributed by atoms with E-state index in [-0.39, 0.29) is 47.4 Å². The second-order valence-corrected chi connectivity index (χ2v) is 19.2. The number of quaternary nitrogens is 2. The highest BCUT2D eigenvalue weighted by molar-refractivity contribution is 6.02. The molecule has 0 amide bonds. The standard InChI is InChI=1S/C50H72N2O6/c1-35(23-19-25-37(3)27-29-41-39(5)47(55)43(31-49(41,7)8)57-45(53)33-51(11,12)13)21-17-18-22-36(2)24-20-26-38(4)28-30-42-40(6)48(56)44(32-50(42,9)10)58-46(54)34-52(14,15)16/h17-30,43-44H,31-34H2,1-16H3/q+2/b18-17+,23-19+,24-20+,29-27+,30-28+,35-21+,36-22+,37-25+,38-26+. The summed E-state index contributed by atoms with van der Waals surface area (Å²) in [5, 5.41) is 0. The Balaban J connectivity index is 1.99. The number of hydrogen-bond donors (Lipinski definition) is 0. The van der Waals surface area contributed by atoms with Crippen molar-refractivity contribution >= 4 is 23.5 Å². The molecule has 0 saturated heterocycles. The number of hydrogen-bond acceptors (Lipinski definition) is 6. The van der Waals surface area contributed by atoms with Gasteiger partial charge in [0.05, 0.1) is 42.3 Å². The summed E-state index contributed by atoms with van der Waals surface area (Å²) in [6.07, 6.45) is 27.8. The Hall–Kier alpha value is -4.66. The van der Waals surface area contributed by atoms with Gasteiger partial charge in [0.1, 0.15) is 0 Å². The predicted octanol–water partition coefficient (Wildman–Crippen LogP) is 9.42. The lowest BCUT2D eigenvalue weighted by Gasteiger charge is -2.36. The van der Waals surface area contributed by atoms with Crippen LogP contribution in [0.15, 0.2) is 130 Å². The number of carbonyl (C=O) groups is 4. The van der Waals surface area contributed by atoms with Gasteiger partial charge in [-0.15, -0.1) is 0 Å². The van der Waals surface area contributed by atoms with Crippen LogP contribution in [0.25, 0.3) is 0 Å². The van der Waals surface area contributed by atoms with Gasteiger partial charge in [0.25, 0.3) is 0 Å². The Morgan fingerprint density at radius 2 is 0.845 bits per heavy atom. The van der Waals surface area contributed by atoms with Gasteiger partial charge in [0, 0.05) is 12.8 Å². The van der Waals surface area contributed by atoms with Crippen molar-refractivity contribution in [3.8, 4) is 0 Å². The van der Waals surface area contributed by atoms with Gasteiger partial charge < -0.3 is 18.4 Å². The number of ketones is 2. The van der Waals surface area contributed by atoms with Crippen molar-refractivity contribution in [1.29, 1.82) is 0 Å². The third kappa shape index (κ3) is 16.7. The Bertz CT molecular complexity index is 1780. The average molecular weight is 797 g/mol. The molecule has 0 radical (unpaired) electrons. The summed E-state index contributed by atoms with van der Waals surface area (Å²) >= 11 is 0. The Morgan fingerprint density at radius 3 is 1.16 bits per heavy atom. The lowest BCUT2D eigenvalue weighted by Crippen LogP contribution is -2.44. The van der Waals surface area contributed by atoms with Crippen LogP contribution in [-0.4, -0.2) is 100 Å². The molecular formula is C50H72N2O6+2. The van der Waals surface area contributed by atoms with Crippen molar-refractivity contribution in [2.24, 2.45) is 10.8 Å². The van der Waals surface area contributed by atoms with E-state index in [0.29, 0.717) is 33.0 Å². The van der Waals surface area contributed by atoms with Crippen molar-refractivity contribution in [2.75, 3.05) is 55.4 Å². The lowest BCUT2D eigenvalue weighted by atomic mass is 9.71. The normalized spacial score (nSPS) is 21.9. The van der Waals surface area contributed by atoms with Crippen LogP contribution in [-0.2, 0) is 28.7 Å². The minimum absolute atomic E-state index is 0.123. The van der Waals surface area contributed by atoms with E-state index >= 15 is 0 Å². The molecule has 0 fully saturated rings. The number of rotatable bonds is 16. The molecule has 2 aliphatic rings. The molecule has 58 heavy (non-hydrogen) atoms. The van der Waals surface area contributed by atoms with Gasteiger partial charge in [-0.3, -0.25) is 9.59 Å². The average Bonchev–Trinajstić information content (AvgIpc) is 3.05. The summed E-state index contributed by atoms with van der Waals surface area (Å²) in [5.41, 5.74) is 6.88. The SMILES string of the molecule is CC1=C(/C=C/C(C)=C/C=C/C(C)=C/C=C/C=C(C)/C=C/C=C(C)/C=C/C2=C(C)C(=O)C(OC(=O)C[N+](C)(C)C)CC2(C)C)C(C)(C)CC(OC(=O)C[N+](C)(C)C)C1=O. The molecule has 0 bridgehead atoms. The summed E-state index contributed by atoms with van der Waals surface area (Å²) in [4.78, 5) is 51.2. The molecule has 0 spiro atoms. The quantitative estimate of drug-likeness (QED) is 0.0880. The van der Waals surface area contributed by atoms with E-state index in [1.165, 1.54) is 0 Å². The first kappa shape index (κ1) is 49.5. The summed E-state index contributed by atoms with van der Waals surface area (Å²) in [6.45, 7) is 20.6. The molecule has 316 valence electrons. The van der Waals surface area contributed by atoms with E-state index in [1.807, 2.05) is 145 Å². The van der Waals surface area contributed by atoms with Crippen LogP contribution >= 0.6 is 0 Å². The molecule has 0 aliphatic heterocycles. The minimum atomic E-state index is -0.752. The fraction of sp³-hybridized carbons (Fsp3) is 0.480. The molecule has 0 aromatic carbocycles. The van der Waals surface area contributed by atoms with Crippen molar-refractivity contribution in [2.45, 2.75) is 94.3 Å². The maximum Gasteiger partial charge on any atom is 0.362 e. The summed E-state index contributed by atoms with van der Waals surface area (Å²) < 4.78 is 12.2. The number of allylic oxidation sites excluding steroid dienone is 20. The van der Waals surface area contributed by atoms with Gasteiger partial charge in [-0.1, -0.05) is 135 Å². The van der Waals surface area contributed by atoms with Crippen LogP contribution in [0.1, 0.15) is 82.1 Å². The number of Topliss-reactive ketones (excluding diaryl/α,β-unsaturated/α-hetero) is 2. The zero-order valence-corrected chi connectivity index (χ0v) is 38.4. The van der Waals surface area contributed by atoms with Crippen LogP contribution in [0.5, 0.6) is 0 Å². The highest BCUT2D eigenvalue weighted by Gasteiger charge is 2.41. The van der Waals surface area contributed by atoms with Crippen molar-refractivity contribution in [1.82, 2.24) is 0 Å². The first-order valence-corrected chi connectivity index (χ1v) is 20.2. The van der Waals surface area contributed by atoms with E-state index in [2.05, 4.69) is 52.0 Å². The van der Waals surface area contributed by atoms with E-state index in [1.54, 1.807) is 0 Å². The van der Waals surface area contributed by atoms with Gasteiger partial charge in [-0.05, 0) is 74.7 Å². The molecule has 0 aromatic heterocycles. The molecule has 2 atom stereocenters. The molecule has 0 N–H and O–H groups in total. The third-order valence-electron chi connectivity index (χ3n) is 10.0. The molecule has 0 saturated carbocycles. The summed E-state index contributed by atoms with van der Waals surface area (Å²) in [5.74, 6) is -0.958. The maximum absolute atomic E-state index is 13.1. The predicted molar refractivity (Wildman–Crippen MR) is 238 cm³/mol. The van der Waals surface area contributed by atoms with Crippen LogP contribution in [0.2, 0.25) is 0 Å². The number of nitrogens with zero attached hydrogens (tertiary/aromatic N) is 2. The van der Waals surface area contributed by atoms with E-state index in [0.717, 1.165) is 33.4 Å². The minimum Gasteiger partial charge on any atom is -0.450 e. The lowest BCUT2D eigenvalue weighted by molar-refractivity contribution is -0.862. The summed E-state index contributed by atoms with van der Waals surface area (Å²) in [6, 6.07) is 0.